The van der Waals surface area contributed by atoms with Gasteiger partial charge >= 0.3 is 0 Å². The Hall–Kier alpha value is -1.50. The van der Waals surface area contributed by atoms with E-state index < -0.39 is 11.2 Å². The number of carbonyl (C=O) groups is 1. The van der Waals surface area contributed by atoms with E-state index in [2.05, 4.69) is 14.5 Å². The highest BCUT2D eigenvalue weighted by atomic mass is 35.5. The number of fused-ring (bicyclic) bond motifs is 4. The zero-order valence-electron chi connectivity index (χ0n) is 12.8. The van der Waals surface area contributed by atoms with Crippen molar-refractivity contribution in [3.8, 4) is 0 Å². The van der Waals surface area contributed by atoms with E-state index in [9.17, 15) is 4.79 Å². The molecule has 2 aromatic rings. The lowest BCUT2D eigenvalue weighted by molar-refractivity contribution is -0.161. The first kappa shape index (κ1) is 13.9. The Morgan fingerprint density at radius 3 is 3.00 bits per heavy atom. The predicted octanol–water partition coefficient (Wildman–Crippen LogP) is 2.36. The van der Waals surface area contributed by atoms with Crippen molar-refractivity contribution in [3.05, 3.63) is 23.7 Å². The van der Waals surface area contributed by atoms with Crippen molar-refractivity contribution in [1.29, 1.82) is 0 Å². The van der Waals surface area contributed by atoms with E-state index in [1.807, 2.05) is 26.1 Å². The first-order chi connectivity index (χ1) is 11.0. The molecule has 23 heavy (non-hydrogen) atoms. The summed E-state index contributed by atoms with van der Waals surface area (Å²) in [4.78, 5) is 20.2. The van der Waals surface area contributed by atoms with Crippen LogP contribution in [0.3, 0.4) is 0 Å². The molecule has 2 saturated carbocycles. The summed E-state index contributed by atoms with van der Waals surface area (Å²) in [6.45, 7) is 3.79. The normalized spacial score (nSPS) is 40.1. The van der Waals surface area contributed by atoms with Crippen LogP contribution in [0.1, 0.15) is 26.3 Å². The summed E-state index contributed by atoms with van der Waals surface area (Å²) < 4.78 is 14.3. The van der Waals surface area contributed by atoms with Gasteiger partial charge in [-0.25, -0.2) is 9.97 Å². The van der Waals surface area contributed by atoms with Crippen LogP contribution >= 0.6 is 11.6 Å². The quantitative estimate of drug-likeness (QED) is 0.623. The number of carbonyl (C=O) groups excluding carboxylic acids is 1. The second kappa shape index (κ2) is 4.12. The molecule has 6 nitrogen and oxygen atoms in total. The molecule has 3 heterocycles. The minimum Gasteiger partial charge on any atom is -0.343 e. The van der Waals surface area contributed by atoms with Gasteiger partial charge in [-0.15, -0.1) is 0 Å². The molecule has 0 aromatic carbocycles. The molecule has 3 aliphatic rings. The van der Waals surface area contributed by atoms with Crippen LogP contribution in [0.5, 0.6) is 0 Å². The highest BCUT2D eigenvalue weighted by molar-refractivity contribution is 6.33. The number of ether oxygens (including phenoxy) is 2. The Balaban J connectivity index is 1.65. The Bertz CT molecular complexity index is 835. The van der Waals surface area contributed by atoms with Gasteiger partial charge in [0.1, 0.15) is 35.6 Å². The fourth-order valence-electron chi connectivity index (χ4n) is 4.51. The van der Waals surface area contributed by atoms with Crippen LogP contribution in [0.2, 0.25) is 5.15 Å². The lowest BCUT2D eigenvalue weighted by Gasteiger charge is -2.24. The molecule has 5 rings (SSSR count). The largest absolute Gasteiger partial charge is 0.343 e. The molecule has 5 atom stereocenters. The first-order valence-electron chi connectivity index (χ1n) is 7.76. The van der Waals surface area contributed by atoms with E-state index in [-0.39, 0.29) is 24.2 Å². The zero-order chi connectivity index (χ0) is 16.0. The predicted molar refractivity (Wildman–Crippen MR) is 82.0 cm³/mol. The van der Waals surface area contributed by atoms with Crippen LogP contribution in [-0.4, -0.2) is 38.8 Å². The van der Waals surface area contributed by atoms with Crippen molar-refractivity contribution in [1.82, 2.24) is 14.5 Å². The number of aromatic nitrogens is 3. The van der Waals surface area contributed by atoms with Gasteiger partial charge in [-0.1, -0.05) is 11.6 Å². The summed E-state index contributed by atoms with van der Waals surface area (Å²) in [5, 5.41) is 1.25. The molecule has 0 radical (unpaired) electrons. The van der Waals surface area contributed by atoms with E-state index in [0.717, 1.165) is 23.7 Å². The highest BCUT2D eigenvalue weighted by Gasteiger charge is 2.76. The maximum absolute atomic E-state index is 11.8. The summed E-state index contributed by atoms with van der Waals surface area (Å²) in [5.41, 5.74) is 0.354. The number of halogens is 1. The number of hydrogen-bond acceptors (Lipinski definition) is 5. The lowest BCUT2D eigenvalue weighted by Crippen LogP contribution is -2.32. The summed E-state index contributed by atoms with van der Waals surface area (Å²) in [7, 11) is 0. The Labute approximate surface area is 137 Å². The van der Waals surface area contributed by atoms with Gasteiger partial charge in [-0.05, 0) is 32.3 Å². The number of nitrogens with zero attached hydrogens (tertiary/aromatic N) is 3. The molecule has 120 valence electrons. The molecule has 1 saturated heterocycles. The summed E-state index contributed by atoms with van der Waals surface area (Å²) in [6.07, 6.45) is 4.97. The molecule has 0 amide bonds. The monoisotopic (exact) mass is 333 g/mol. The zero-order valence-corrected chi connectivity index (χ0v) is 13.5. The van der Waals surface area contributed by atoms with E-state index in [1.54, 1.807) is 0 Å². The Morgan fingerprint density at radius 1 is 1.39 bits per heavy atom. The third-order valence-corrected chi connectivity index (χ3v) is 5.81. The third-order valence-electron chi connectivity index (χ3n) is 5.51. The van der Waals surface area contributed by atoms with Gasteiger partial charge in [0.25, 0.3) is 0 Å². The smallest absolute Gasteiger partial charge is 0.163 e. The third kappa shape index (κ3) is 1.64. The standard InChI is InChI=1S/C16H16ClN3O3/c1-15(2)22-11-10(9-5-16(9,6-21)12(11)23-15)20-4-3-8-13(17)18-7-19-14(8)20/h3-4,6-7,9-12H,5H2,1-2H3/t9-,10-,11+,12+,16-/m1/s1. The molecule has 2 aliphatic carbocycles. The minimum atomic E-state index is -0.674. The maximum atomic E-state index is 11.8. The van der Waals surface area contributed by atoms with Crippen molar-refractivity contribution < 1.29 is 14.3 Å². The molecular formula is C16H16ClN3O3. The molecule has 0 N–H and O–H groups in total. The van der Waals surface area contributed by atoms with Crippen LogP contribution in [0, 0.1) is 11.3 Å². The number of rotatable bonds is 2. The molecular weight excluding hydrogens is 318 g/mol. The summed E-state index contributed by atoms with van der Waals surface area (Å²) in [5.74, 6) is -0.456. The molecule has 1 aliphatic heterocycles. The molecule has 7 heteroatoms. The van der Waals surface area contributed by atoms with Crippen LogP contribution in [0.25, 0.3) is 11.0 Å². The first-order valence-corrected chi connectivity index (χ1v) is 8.14. The van der Waals surface area contributed by atoms with Gasteiger partial charge in [0, 0.05) is 6.20 Å². The van der Waals surface area contributed by atoms with E-state index in [1.165, 1.54) is 6.33 Å². The van der Waals surface area contributed by atoms with Crippen molar-refractivity contribution in [2.75, 3.05) is 0 Å². The second-order valence-corrected chi connectivity index (χ2v) is 7.53. The summed E-state index contributed by atoms with van der Waals surface area (Å²) in [6, 6.07) is 1.94. The second-order valence-electron chi connectivity index (χ2n) is 7.18. The summed E-state index contributed by atoms with van der Waals surface area (Å²) >= 11 is 6.16. The van der Waals surface area contributed by atoms with Crippen LogP contribution in [0.4, 0.5) is 0 Å². The molecule has 0 bridgehead atoms. The average Bonchev–Trinajstić information content (AvgIpc) is 2.78. The van der Waals surface area contributed by atoms with E-state index >= 15 is 0 Å². The fourth-order valence-corrected chi connectivity index (χ4v) is 4.70. The lowest BCUT2D eigenvalue weighted by atomic mass is 10.0. The van der Waals surface area contributed by atoms with Gasteiger partial charge in [0.15, 0.2) is 5.79 Å². The molecule has 0 unspecified atom stereocenters. The van der Waals surface area contributed by atoms with Crippen LogP contribution < -0.4 is 0 Å². The average molecular weight is 334 g/mol. The Morgan fingerprint density at radius 2 is 2.22 bits per heavy atom. The van der Waals surface area contributed by atoms with Gasteiger partial charge < -0.3 is 18.8 Å². The van der Waals surface area contributed by atoms with Crippen molar-refractivity contribution >= 4 is 28.9 Å². The van der Waals surface area contributed by atoms with Crippen molar-refractivity contribution in [3.63, 3.8) is 0 Å². The van der Waals surface area contributed by atoms with E-state index in [4.69, 9.17) is 21.1 Å². The van der Waals surface area contributed by atoms with Gasteiger partial charge in [-0.3, -0.25) is 0 Å². The van der Waals surface area contributed by atoms with E-state index in [0.29, 0.717) is 5.15 Å². The number of hydrogen-bond donors (Lipinski definition) is 0. The van der Waals surface area contributed by atoms with Crippen molar-refractivity contribution in [2.24, 2.45) is 11.3 Å². The fraction of sp³-hybridized carbons (Fsp3) is 0.562. The minimum absolute atomic E-state index is 0.0236. The number of aldehydes is 1. The van der Waals surface area contributed by atoms with Crippen molar-refractivity contribution in [2.45, 2.75) is 44.3 Å². The van der Waals surface area contributed by atoms with Gasteiger partial charge in [-0.2, -0.15) is 0 Å². The SMILES string of the molecule is CC1(C)O[C@H]2[C@H](n3ccc4c(Cl)ncnc43)[C@H]3C[C@]3(C=O)[C@H]2O1. The highest BCUT2D eigenvalue weighted by Crippen LogP contribution is 2.70. The molecule has 3 fully saturated rings. The Kier molecular flexibility index (Phi) is 2.49. The van der Waals surface area contributed by atoms with Crippen LogP contribution in [0.15, 0.2) is 18.6 Å². The van der Waals surface area contributed by atoms with Gasteiger partial charge in [0.2, 0.25) is 0 Å². The van der Waals surface area contributed by atoms with Crippen LogP contribution in [-0.2, 0) is 14.3 Å². The molecule has 2 aromatic heterocycles. The van der Waals surface area contributed by atoms with Gasteiger partial charge in [0.05, 0.1) is 16.8 Å². The molecule has 0 spiro atoms. The maximum Gasteiger partial charge on any atom is 0.163 e. The topological polar surface area (TPSA) is 66.2 Å².